The van der Waals surface area contributed by atoms with Crippen molar-refractivity contribution in [2.24, 2.45) is 0 Å². The normalized spacial score (nSPS) is 19.6. The first-order valence-electron chi connectivity index (χ1n) is 19.0. The maximum atomic E-state index is 2.60. The van der Waals surface area contributed by atoms with Crippen LogP contribution < -0.4 is 0 Å². The van der Waals surface area contributed by atoms with Gasteiger partial charge in [-0.1, -0.05) is 118 Å². The molecule has 0 nitrogen and oxygen atoms in total. The molecule has 0 amide bonds. The molecule has 0 unspecified atom stereocenters. The Bertz CT molecular complexity index is 2460. The summed E-state index contributed by atoms with van der Waals surface area (Å²) in [5.74, 6) is 0. The van der Waals surface area contributed by atoms with Crippen molar-refractivity contribution in [3.63, 3.8) is 0 Å². The van der Waals surface area contributed by atoms with Crippen LogP contribution in [0, 0.1) is 0 Å². The second-order valence-corrected chi connectivity index (χ2v) is 19.0. The average molecular weight is 659 g/mol. The Morgan fingerprint density at radius 2 is 0.392 bits per heavy atom. The Morgan fingerprint density at radius 1 is 0.216 bits per heavy atom. The molecule has 0 heterocycles. The van der Waals surface area contributed by atoms with E-state index in [1.165, 1.54) is 111 Å². The van der Waals surface area contributed by atoms with Crippen LogP contribution in [0.1, 0.15) is 125 Å². The molecule has 11 rings (SSSR count). The molecule has 0 N–H and O–H groups in total. The van der Waals surface area contributed by atoms with Gasteiger partial charge in [-0.25, -0.2) is 0 Å². The molecule has 0 heteroatoms. The lowest BCUT2D eigenvalue weighted by atomic mass is 9.78. The second kappa shape index (κ2) is 8.67. The summed E-state index contributed by atoms with van der Waals surface area (Å²) in [6, 6.07) is 38.7. The maximum absolute atomic E-state index is 2.60. The minimum atomic E-state index is -0.104. The quantitative estimate of drug-likeness (QED) is 0.152. The highest BCUT2D eigenvalue weighted by molar-refractivity contribution is 5.96. The van der Waals surface area contributed by atoms with Crippen molar-refractivity contribution < 1.29 is 0 Å². The summed E-state index contributed by atoms with van der Waals surface area (Å²) in [4.78, 5) is 0. The van der Waals surface area contributed by atoms with E-state index in [0.29, 0.717) is 0 Å². The molecule has 0 spiro atoms. The fraction of sp³-hybridized carbons (Fsp3) is 0.294. The van der Waals surface area contributed by atoms with Crippen molar-refractivity contribution in [1.82, 2.24) is 0 Å². The van der Waals surface area contributed by atoms with Crippen LogP contribution in [0.3, 0.4) is 0 Å². The molecule has 0 saturated heterocycles. The number of benzene rings is 6. The molecule has 0 bridgehead atoms. The summed E-state index contributed by atoms with van der Waals surface area (Å²) in [7, 11) is 0. The Kier molecular flexibility index (Phi) is 5.10. The summed E-state index contributed by atoms with van der Waals surface area (Å²) in [6.07, 6.45) is 0. The summed E-state index contributed by atoms with van der Waals surface area (Å²) in [5.41, 5.74) is 28.6. The molecule has 5 aliphatic rings. The first-order chi connectivity index (χ1) is 24.1. The van der Waals surface area contributed by atoms with Gasteiger partial charge >= 0.3 is 0 Å². The van der Waals surface area contributed by atoms with Crippen LogP contribution in [0.4, 0.5) is 0 Å². The molecule has 0 aromatic heterocycles. The Labute approximate surface area is 303 Å². The van der Waals surface area contributed by atoms with Gasteiger partial charge in [0.25, 0.3) is 0 Å². The van der Waals surface area contributed by atoms with Crippen molar-refractivity contribution in [1.29, 1.82) is 0 Å². The summed E-state index contributed by atoms with van der Waals surface area (Å²) in [5, 5.41) is 0. The number of rotatable bonds is 0. The monoisotopic (exact) mass is 658 g/mol. The van der Waals surface area contributed by atoms with Gasteiger partial charge in [0, 0.05) is 27.1 Å². The zero-order valence-electron chi connectivity index (χ0n) is 31.7. The van der Waals surface area contributed by atoms with E-state index in [2.05, 4.69) is 166 Å². The summed E-state index contributed by atoms with van der Waals surface area (Å²) in [6.45, 7) is 24.3. The molecule has 0 aliphatic heterocycles. The molecule has 51 heavy (non-hydrogen) atoms. The molecular weight excluding hydrogens is 613 g/mol. The molecule has 0 atom stereocenters. The van der Waals surface area contributed by atoms with Crippen LogP contribution in [0.25, 0.3) is 55.6 Å². The highest BCUT2D eigenvalue weighted by Crippen LogP contribution is 2.62. The molecule has 6 aromatic rings. The van der Waals surface area contributed by atoms with Gasteiger partial charge in [0.2, 0.25) is 0 Å². The summed E-state index contributed by atoms with van der Waals surface area (Å²) >= 11 is 0. The van der Waals surface area contributed by atoms with Crippen LogP contribution in [0.2, 0.25) is 0 Å². The van der Waals surface area contributed by atoms with Gasteiger partial charge < -0.3 is 0 Å². The fourth-order valence-electron chi connectivity index (χ4n) is 11.6. The van der Waals surface area contributed by atoms with Gasteiger partial charge in [-0.15, -0.1) is 0 Å². The van der Waals surface area contributed by atoms with E-state index in [-0.39, 0.29) is 27.1 Å². The van der Waals surface area contributed by atoms with E-state index in [4.69, 9.17) is 0 Å². The zero-order chi connectivity index (χ0) is 35.4. The summed E-state index contributed by atoms with van der Waals surface area (Å²) < 4.78 is 0. The van der Waals surface area contributed by atoms with E-state index < -0.39 is 0 Å². The predicted octanol–water partition coefficient (Wildman–Crippen LogP) is 13.2. The third kappa shape index (κ3) is 3.27. The predicted molar refractivity (Wildman–Crippen MR) is 214 cm³/mol. The second-order valence-electron chi connectivity index (χ2n) is 19.0. The molecule has 0 fully saturated rings. The Hall–Kier alpha value is -4.68. The van der Waals surface area contributed by atoms with E-state index >= 15 is 0 Å². The molecule has 5 aliphatic carbocycles. The minimum Gasteiger partial charge on any atom is -0.0619 e. The molecule has 0 radical (unpaired) electrons. The lowest BCUT2D eigenvalue weighted by molar-refractivity contribution is 0.647. The van der Waals surface area contributed by atoms with Crippen molar-refractivity contribution in [3.05, 3.63) is 153 Å². The Balaban J connectivity index is 1.09. The Morgan fingerprint density at radius 3 is 0.627 bits per heavy atom. The number of fused-ring (bicyclic) bond motifs is 15. The van der Waals surface area contributed by atoms with Gasteiger partial charge in [-0.05, 0) is 160 Å². The van der Waals surface area contributed by atoms with Gasteiger partial charge in [-0.3, -0.25) is 0 Å². The largest absolute Gasteiger partial charge is 0.0619 e. The van der Waals surface area contributed by atoms with E-state index in [0.717, 1.165) is 0 Å². The molecule has 6 aromatic carbocycles. The molecule has 250 valence electrons. The van der Waals surface area contributed by atoms with Crippen LogP contribution in [-0.2, 0) is 27.1 Å². The first-order valence-corrected chi connectivity index (χ1v) is 19.0. The van der Waals surface area contributed by atoms with Crippen LogP contribution in [0.15, 0.2) is 97.1 Å². The van der Waals surface area contributed by atoms with Crippen LogP contribution in [0.5, 0.6) is 0 Å². The highest BCUT2D eigenvalue weighted by atomic mass is 14.5. The van der Waals surface area contributed by atoms with Gasteiger partial charge in [-0.2, -0.15) is 0 Å². The maximum Gasteiger partial charge on any atom is 0.0159 e. The SMILES string of the molecule is CC1(C)c2ccccc2-c2cc3c(cc21)-c1cc2c(cc1C3(C)C)-c1cc3c(cc1C2(C)C)-c1cc2c(cc1C3(C)C)-c1ccccc1C2(C)C. The van der Waals surface area contributed by atoms with Gasteiger partial charge in [0.05, 0.1) is 0 Å². The lowest BCUT2D eigenvalue weighted by Crippen LogP contribution is -2.17. The standard InChI is InChI=1S/C51H46/c1-47(2)37-17-13-11-15-27(37)29-19-41-31(21-39(29)47)33-23-45-35(25-43(33)49(41,5)6)36-26-44-34(24-46(36)51(45,9)10)32-22-40-30(20-42(32)50(44,7)8)28-16-12-14-18-38(28)48(40,3)4/h11-26H,1-10H3. The van der Waals surface area contributed by atoms with E-state index in [1.807, 2.05) is 0 Å². The first kappa shape index (κ1) is 30.0. The number of hydrogen-bond donors (Lipinski definition) is 0. The smallest absolute Gasteiger partial charge is 0.0159 e. The fourth-order valence-corrected chi connectivity index (χ4v) is 11.6. The van der Waals surface area contributed by atoms with Crippen LogP contribution >= 0.6 is 0 Å². The number of hydrogen-bond acceptors (Lipinski definition) is 0. The zero-order valence-corrected chi connectivity index (χ0v) is 31.7. The van der Waals surface area contributed by atoms with E-state index in [9.17, 15) is 0 Å². The van der Waals surface area contributed by atoms with Gasteiger partial charge in [0.15, 0.2) is 0 Å². The van der Waals surface area contributed by atoms with Gasteiger partial charge in [0.1, 0.15) is 0 Å². The third-order valence-electron chi connectivity index (χ3n) is 14.7. The highest BCUT2D eigenvalue weighted by Gasteiger charge is 2.47. The molecular formula is C51H46. The topological polar surface area (TPSA) is 0 Å². The average Bonchev–Trinajstić information content (AvgIpc) is 3.72. The minimum absolute atomic E-state index is 0.0120. The third-order valence-corrected chi connectivity index (χ3v) is 14.7. The molecule has 0 saturated carbocycles. The van der Waals surface area contributed by atoms with Crippen molar-refractivity contribution in [2.75, 3.05) is 0 Å². The lowest BCUT2D eigenvalue weighted by Gasteiger charge is -2.25. The van der Waals surface area contributed by atoms with Crippen molar-refractivity contribution in [2.45, 2.75) is 96.3 Å². The van der Waals surface area contributed by atoms with Crippen molar-refractivity contribution in [3.8, 4) is 55.6 Å². The van der Waals surface area contributed by atoms with Crippen molar-refractivity contribution >= 4 is 0 Å². The van der Waals surface area contributed by atoms with E-state index in [1.54, 1.807) is 0 Å². The van der Waals surface area contributed by atoms with Crippen LogP contribution in [-0.4, -0.2) is 0 Å².